The van der Waals surface area contributed by atoms with Crippen molar-refractivity contribution in [2.24, 2.45) is 0 Å². The van der Waals surface area contributed by atoms with Gasteiger partial charge in [-0.3, -0.25) is 0 Å². The van der Waals surface area contributed by atoms with Crippen molar-refractivity contribution < 1.29 is 28.5 Å². The smallest absolute Gasteiger partial charge is 0.329 e. The van der Waals surface area contributed by atoms with E-state index in [0.29, 0.717) is 0 Å². The number of aliphatic hydroxyl groups excluding tert-OH is 1. The lowest BCUT2D eigenvalue weighted by Crippen LogP contribution is -2.14. The van der Waals surface area contributed by atoms with E-state index >= 15 is 0 Å². The van der Waals surface area contributed by atoms with Crippen LogP contribution >= 0.6 is 0 Å². The molecule has 4 nitrogen and oxygen atoms in total. The summed E-state index contributed by atoms with van der Waals surface area (Å²) in [6.45, 7) is -1.01. The molecule has 1 unspecified atom stereocenters. The summed E-state index contributed by atoms with van der Waals surface area (Å²) in [5.41, 5.74) is -0.259. The summed E-state index contributed by atoms with van der Waals surface area (Å²) >= 11 is 0. The number of aliphatic hydroxyl groups is 1. The molecule has 0 saturated heterocycles. The third kappa shape index (κ3) is 3.56. The summed E-state index contributed by atoms with van der Waals surface area (Å²) in [7, 11) is 0. The minimum Gasteiger partial charge on any atom is -0.480 e. The van der Waals surface area contributed by atoms with E-state index in [1.54, 1.807) is 0 Å². The van der Waals surface area contributed by atoms with E-state index in [1.165, 1.54) is 0 Å². The number of carbonyl (C=O) groups is 1. The lowest BCUT2D eigenvalue weighted by molar-refractivity contribution is -0.143. The van der Waals surface area contributed by atoms with Crippen LogP contribution in [-0.2, 0) is 9.53 Å². The Hall–Kier alpha value is -1.53. The predicted molar refractivity (Wildman–Crippen MR) is 49.8 cm³/mol. The van der Waals surface area contributed by atoms with Crippen LogP contribution in [-0.4, -0.2) is 29.4 Å². The lowest BCUT2D eigenvalue weighted by Gasteiger charge is -2.11. The van der Waals surface area contributed by atoms with Gasteiger partial charge < -0.3 is 14.9 Å². The van der Waals surface area contributed by atoms with Gasteiger partial charge >= 0.3 is 5.97 Å². The van der Waals surface area contributed by atoms with Crippen LogP contribution in [0, 0.1) is 11.6 Å². The van der Waals surface area contributed by atoms with E-state index < -0.39 is 36.9 Å². The minimum atomic E-state index is -1.39. The highest BCUT2D eigenvalue weighted by atomic mass is 19.1. The standard InChI is InChI=1S/C10H10F2O4/c11-6-1-2-8(12)7(3-6)9(13)4-16-5-10(14)15/h1-3,9,13H,4-5H2,(H,14,15). The lowest BCUT2D eigenvalue weighted by atomic mass is 10.1. The first-order chi connectivity index (χ1) is 7.50. The first kappa shape index (κ1) is 12.5. The van der Waals surface area contributed by atoms with Gasteiger partial charge in [-0.1, -0.05) is 0 Å². The SMILES string of the molecule is O=C(O)COCC(O)c1cc(F)ccc1F. The van der Waals surface area contributed by atoms with E-state index in [-0.39, 0.29) is 5.56 Å². The Morgan fingerprint density at radius 3 is 2.75 bits per heavy atom. The molecule has 0 spiro atoms. The Balaban J connectivity index is 2.61. The third-order valence-electron chi connectivity index (χ3n) is 1.82. The Kier molecular flexibility index (Phi) is 4.33. The molecule has 0 amide bonds. The number of rotatable bonds is 5. The van der Waals surface area contributed by atoms with Crippen molar-refractivity contribution in [2.45, 2.75) is 6.10 Å². The molecule has 0 fully saturated rings. The number of carboxylic acid groups (broad SMARTS) is 1. The van der Waals surface area contributed by atoms with E-state index in [2.05, 4.69) is 4.74 Å². The van der Waals surface area contributed by atoms with Crippen LogP contribution in [0.3, 0.4) is 0 Å². The van der Waals surface area contributed by atoms with Gasteiger partial charge in [-0.05, 0) is 18.2 Å². The molecule has 0 aromatic heterocycles. The largest absolute Gasteiger partial charge is 0.480 e. The highest BCUT2D eigenvalue weighted by molar-refractivity contribution is 5.67. The second kappa shape index (κ2) is 5.53. The maximum absolute atomic E-state index is 13.1. The average molecular weight is 232 g/mol. The number of hydrogen-bond donors (Lipinski definition) is 2. The van der Waals surface area contributed by atoms with Crippen LogP contribution in [0.1, 0.15) is 11.7 Å². The molecule has 1 aromatic rings. The average Bonchev–Trinajstić information content (AvgIpc) is 2.21. The Morgan fingerprint density at radius 1 is 1.44 bits per heavy atom. The van der Waals surface area contributed by atoms with Gasteiger partial charge in [-0.15, -0.1) is 0 Å². The molecule has 0 aliphatic heterocycles. The summed E-state index contributed by atoms with van der Waals surface area (Å²) in [5.74, 6) is -2.66. The number of ether oxygens (including phenoxy) is 1. The fourth-order valence-electron chi connectivity index (χ4n) is 1.12. The topological polar surface area (TPSA) is 66.8 Å². The maximum atomic E-state index is 13.1. The predicted octanol–water partition coefficient (Wildman–Crippen LogP) is 1.10. The normalized spacial score (nSPS) is 12.4. The van der Waals surface area contributed by atoms with E-state index in [0.717, 1.165) is 18.2 Å². The number of carboxylic acids is 1. The monoisotopic (exact) mass is 232 g/mol. The van der Waals surface area contributed by atoms with Crippen molar-refractivity contribution in [1.82, 2.24) is 0 Å². The fraction of sp³-hybridized carbons (Fsp3) is 0.300. The fourth-order valence-corrected chi connectivity index (χ4v) is 1.12. The summed E-state index contributed by atoms with van der Waals surface area (Å²) in [6.07, 6.45) is -1.39. The highest BCUT2D eigenvalue weighted by Crippen LogP contribution is 2.18. The molecule has 2 N–H and O–H groups in total. The van der Waals surface area contributed by atoms with E-state index in [9.17, 15) is 18.7 Å². The number of hydrogen-bond acceptors (Lipinski definition) is 3. The van der Waals surface area contributed by atoms with Crippen LogP contribution < -0.4 is 0 Å². The molecule has 1 atom stereocenters. The molecule has 16 heavy (non-hydrogen) atoms. The Labute approximate surface area is 90.1 Å². The Bertz CT molecular complexity index is 381. The van der Waals surface area contributed by atoms with Crippen LogP contribution in [0.2, 0.25) is 0 Å². The van der Waals surface area contributed by atoms with Crippen molar-refractivity contribution in [2.75, 3.05) is 13.2 Å². The van der Waals surface area contributed by atoms with Gasteiger partial charge in [0.05, 0.1) is 6.61 Å². The van der Waals surface area contributed by atoms with Crippen molar-refractivity contribution in [1.29, 1.82) is 0 Å². The van der Waals surface area contributed by atoms with Crippen molar-refractivity contribution in [3.8, 4) is 0 Å². The molecular weight excluding hydrogens is 222 g/mol. The quantitative estimate of drug-likeness (QED) is 0.797. The van der Waals surface area contributed by atoms with Crippen molar-refractivity contribution in [3.63, 3.8) is 0 Å². The zero-order chi connectivity index (χ0) is 12.1. The third-order valence-corrected chi connectivity index (χ3v) is 1.82. The molecular formula is C10H10F2O4. The molecule has 0 saturated carbocycles. The molecule has 0 radical (unpaired) electrons. The Morgan fingerprint density at radius 2 is 2.12 bits per heavy atom. The second-order valence-electron chi connectivity index (χ2n) is 3.09. The second-order valence-corrected chi connectivity index (χ2v) is 3.09. The van der Waals surface area contributed by atoms with Crippen LogP contribution in [0.15, 0.2) is 18.2 Å². The van der Waals surface area contributed by atoms with Crippen molar-refractivity contribution in [3.05, 3.63) is 35.4 Å². The van der Waals surface area contributed by atoms with E-state index in [4.69, 9.17) is 5.11 Å². The van der Waals surface area contributed by atoms with Crippen LogP contribution in [0.4, 0.5) is 8.78 Å². The molecule has 0 bridgehead atoms. The molecule has 0 heterocycles. The van der Waals surface area contributed by atoms with Gasteiger partial charge in [0.15, 0.2) is 0 Å². The van der Waals surface area contributed by atoms with Crippen molar-refractivity contribution >= 4 is 5.97 Å². The maximum Gasteiger partial charge on any atom is 0.329 e. The van der Waals surface area contributed by atoms with Gasteiger partial charge in [-0.25, -0.2) is 13.6 Å². The number of benzene rings is 1. The summed E-state index contributed by atoms with van der Waals surface area (Å²) < 4.78 is 30.4. The molecule has 88 valence electrons. The first-order valence-corrected chi connectivity index (χ1v) is 4.43. The molecule has 0 aliphatic rings. The summed E-state index contributed by atoms with van der Waals surface area (Å²) in [4.78, 5) is 10.1. The first-order valence-electron chi connectivity index (χ1n) is 4.43. The molecule has 1 aromatic carbocycles. The molecule has 0 aliphatic carbocycles. The highest BCUT2D eigenvalue weighted by Gasteiger charge is 2.14. The summed E-state index contributed by atoms with van der Waals surface area (Å²) in [5, 5.41) is 17.7. The molecule has 6 heteroatoms. The summed E-state index contributed by atoms with van der Waals surface area (Å²) in [6, 6.07) is 2.64. The molecule has 1 rings (SSSR count). The number of aliphatic carboxylic acids is 1. The van der Waals surface area contributed by atoms with Crippen LogP contribution in [0.5, 0.6) is 0 Å². The number of halogens is 2. The zero-order valence-electron chi connectivity index (χ0n) is 8.19. The van der Waals surface area contributed by atoms with Crippen LogP contribution in [0.25, 0.3) is 0 Å². The van der Waals surface area contributed by atoms with Gasteiger partial charge in [0.2, 0.25) is 0 Å². The van der Waals surface area contributed by atoms with Gasteiger partial charge in [-0.2, -0.15) is 0 Å². The minimum absolute atomic E-state index is 0.259. The van der Waals surface area contributed by atoms with Gasteiger partial charge in [0.25, 0.3) is 0 Å². The zero-order valence-corrected chi connectivity index (χ0v) is 8.19. The van der Waals surface area contributed by atoms with Gasteiger partial charge in [0, 0.05) is 5.56 Å². The van der Waals surface area contributed by atoms with Gasteiger partial charge in [0.1, 0.15) is 24.3 Å². The van der Waals surface area contributed by atoms with E-state index in [1.807, 2.05) is 0 Å².